The number of hydrogen-bond donors (Lipinski definition) is 1. The molecule has 2 fully saturated rings. The van der Waals surface area contributed by atoms with E-state index >= 15 is 0 Å². The molecule has 1 aromatic heterocycles. The molecule has 0 spiro atoms. The molecule has 2 heterocycles. The number of aryl methyl sites for hydroxylation is 3. The zero-order valence-electron chi connectivity index (χ0n) is 20.3. The number of nitrogens with one attached hydrogen (secondary N) is 1. The van der Waals surface area contributed by atoms with Crippen molar-refractivity contribution in [1.29, 1.82) is 0 Å². The van der Waals surface area contributed by atoms with Gasteiger partial charge in [-0.3, -0.25) is 14.6 Å². The molecule has 34 heavy (non-hydrogen) atoms. The first kappa shape index (κ1) is 22.9. The van der Waals surface area contributed by atoms with Crippen LogP contribution >= 0.6 is 0 Å². The van der Waals surface area contributed by atoms with Crippen LogP contribution in [-0.2, 0) is 28.9 Å². The zero-order chi connectivity index (χ0) is 23.7. The molecule has 1 aromatic carbocycles. The van der Waals surface area contributed by atoms with Crippen LogP contribution in [0.2, 0.25) is 0 Å². The quantitative estimate of drug-likeness (QED) is 0.711. The summed E-state index contributed by atoms with van der Waals surface area (Å²) in [6.07, 6.45) is 9.38. The predicted molar refractivity (Wildman–Crippen MR) is 131 cm³/mol. The Balaban J connectivity index is 1.23. The Kier molecular flexibility index (Phi) is 6.32. The summed E-state index contributed by atoms with van der Waals surface area (Å²) in [5.41, 5.74) is 4.33. The molecule has 0 bridgehead atoms. The summed E-state index contributed by atoms with van der Waals surface area (Å²) in [7, 11) is 1.70. The largest absolute Gasteiger partial charge is 0.496 e. The normalized spacial score (nSPS) is 25.5. The van der Waals surface area contributed by atoms with E-state index in [-0.39, 0.29) is 29.3 Å². The van der Waals surface area contributed by atoms with Crippen molar-refractivity contribution in [2.45, 2.75) is 76.3 Å². The molecule has 5 rings (SSSR count). The maximum Gasteiger partial charge on any atom is 0.223 e. The highest BCUT2D eigenvalue weighted by Gasteiger charge is 2.52. The number of methoxy groups -OCH3 is 1. The SMILES string of the molecule is COc1cccc2c1CC(C(=O)N[C@]13CCC[C@@H]1N(C(=O)CCc1ccnc(C)c1)CC3)CC2. The predicted octanol–water partition coefficient (Wildman–Crippen LogP) is 3.78. The fraction of sp³-hybridized carbons (Fsp3) is 0.536. The van der Waals surface area contributed by atoms with Crippen LogP contribution in [0.25, 0.3) is 0 Å². The molecule has 1 unspecified atom stereocenters. The van der Waals surface area contributed by atoms with Gasteiger partial charge in [-0.05, 0) is 93.2 Å². The Labute approximate surface area is 202 Å². The van der Waals surface area contributed by atoms with E-state index in [1.54, 1.807) is 7.11 Å². The van der Waals surface area contributed by atoms with Crippen LogP contribution in [-0.4, -0.2) is 46.9 Å². The first-order chi connectivity index (χ1) is 16.5. The van der Waals surface area contributed by atoms with Crippen molar-refractivity contribution < 1.29 is 14.3 Å². The minimum Gasteiger partial charge on any atom is -0.496 e. The maximum atomic E-state index is 13.5. The summed E-state index contributed by atoms with van der Waals surface area (Å²) >= 11 is 0. The lowest BCUT2D eigenvalue weighted by molar-refractivity contribution is -0.133. The molecule has 3 aliphatic rings. The third kappa shape index (κ3) is 4.30. The molecule has 180 valence electrons. The van der Waals surface area contributed by atoms with Crippen molar-refractivity contribution >= 4 is 11.8 Å². The molecule has 6 nitrogen and oxygen atoms in total. The molecule has 6 heteroatoms. The number of carbonyl (C=O) groups is 2. The summed E-state index contributed by atoms with van der Waals surface area (Å²) in [5.74, 6) is 1.19. The van der Waals surface area contributed by atoms with Gasteiger partial charge in [0.1, 0.15) is 5.75 Å². The van der Waals surface area contributed by atoms with E-state index < -0.39 is 0 Å². The van der Waals surface area contributed by atoms with Gasteiger partial charge in [-0.15, -0.1) is 0 Å². The van der Waals surface area contributed by atoms with Gasteiger partial charge >= 0.3 is 0 Å². The van der Waals surface area contributed by atoms with Gasteiger partial charge in [-0.2, -0.15) is 0 Å². The first-order valence-corrected chi connectivity index (χ1v) is 12.7. The van der Waals surface area contributed by atoms with Gasteiger partial charge < -0.3 is 15.0 Å². The van der Waals surface area contributed by atoms with Gasteiger partial charge in [-0.1, -0.05) is 12.1 Å². The monoisotopic (exact) mass is 461 g/mol. The molecule has 2 aromatic rings. The zero-order valence-corrected chi connectivity index (χ0v) is 20.3. The second-order valence-electron chi connectivity index (χ2n) is 10.2. The second-order valence-corrected chi connectivity index (χ2v) is 10.2. The van der Waals surface area contributed by atoms with Gasteiger partial charge in [0.25, 0.3) is 0 Å². The standard InChI is InChI=1S/C28H35N3O3/c1-19-17-20(12-15-29-19)8-11-26(32)31-16-14-28(13-4-7-25(28)31)30-27(33)22-10-9-21-5-3-6-24(34-2)23(21)18-22/h3,5-6,12,15,17,22,25H,4,7-11,13-14,16,18H2,1-2H3,(H,30,33)/t22?,25-,28-/m0/s1. The summed E-state index contributed by atoms with van der Waals surface area (Å²) in [6, 6.07) is 10.3. The summed E-state index contributed by atoms with van der Waals surface area (Å²) in [6.45, 7) is 2.71. The average Bonchev–Trinajstić information content (AvgIpc) is 3.40. The van der Waals surface area contributed by atoms with Crippen molar-refractivity contribution in [1.82, 2.24) is 15.2 Å². The molecule has 3 atom stereocenters. The highest BCUT2D eigenvalue weighted by molar-refractivity contribution is 5.82. The lowest BCUT2D eigenvalue weighted by Crippen LogP contribution is -2.56. The summed E-state index contributed by atoms with van der Waals surface area (Å²) in [5, 5.41) is 3.48. The van der Waals surface area contributed by atoms with E-state index in [2.05, 4.69) is 27.3 Å². The third-order valence-electron chi connectivity index (χ3n) is 8.23. The highest BCUT2D eigenvalue weighted by Crippen LogP contribution is 2.43. The minimum atomic E-state index is -0.263. The number of fused-ring (bicyclic) bond motifs is 2. The van der Waals surface area contributed by atoms with E-state index in [9.17, 15) is 9.59 Å². The van der Waals surface area contributed by atoms with E-state index in [0.29, 0.717) is 6.42 Å². The van der Waals surface area contributed by atoms with Gasteiger partial charge in [0.05, 0.1) is 18.7 Å². The number of likely N-dealkylation sites (tertiary alicyclic amines) is 1. The van der Waals surface area contributed by atoms with E-state index in [0.717, 1.165) is 74.9 Å². The van der Waals surface area contributed by atoms with Crippen LogP contribution in [0.5, 0.6) is 5.75 Å². The second kappa shape index (κ2) is 9.40. The first-order valence-electron chi connectivity index (χ1n) is 12.7. The van der Waals surface area contributed by atoms with Gasteiger partial charge in [0, 0.05) is 30.8 Å². The Morgan fingerprint density at radius 3 is 2.94 bits per heavy atom. The van der Waals surface area contributed by atoms with Gasteiger partial charge in [0.2, 0.25) is 11.8 Å². The molecule has 2 aliphatic carbocycles. The molecule has 1 N–H and O–H groups in total. The van der Waals surface area contributed by atoms with Crippen molar-refractivity contribution in [3.8, 4) is 5.75 Å². The molecule has 1 saturated heterocycles. The number of amides is 2. The smallest absolute Gasteiger partial charge is 0.223 e. The fourth-order valence-electron chi connectivity index (χ4n) is 6.45. The Bertz CT molecular complexity index is 1070. The molecule has 1 aliphatic heterocycles. The lowest BCUT2D eigenvalue weighted by atomic mass is 9.82. The highest BCUT2D eigenvalue weighted by atomic mass is 16.5. The molecular formula is C28H35N3O3. The topological polar surface area (TPSA) is 71.5 Å². The number of aromatic nitrogens is 1. The van der Waals surface area contributed by atoms with Crippen LogP contribution in [0.3, 0.4) is 0 Å². The molecule has 0 radical (unpaired) electrons. The number of carbonyl (C=O) groups excluding carboxylic acids is 2. The molecule has 2 amide bonds. The van der Waals surface area contributed by atoms with Crippen molar-refractivity contribution in [3.63, 3.8) is 0 Å². The van der Waals surface area contributed by atoms with Gasteiger partial charge in [0.15, 0.2) is 0 Å². The number of rotatable bonds is 6. The number of pyridine rings is 1. The maximum absolute atomic E-state index is 13.5. The Morgan fingerprint density at radius 1 is 1.24 bits per heavy atom. The molecule has 1 saturated carbocycles. The van der Waals surface area contributed by atoms with Crippen molar-refractivity contribution in [2.24, 2.45) is 5.92 Å². The van der Waals surface area contributed by atoms with Crippen LogP contribution in [0, 0.1) is 12.8 Å². The summed E-state index contributed by atoms with van der Waals surface area (Å²) in [4.78, 5) is 32.9. The fourth-order valence-corrected chi connectivity index (χ4v) is 6.45. The van der Waals surface area contributed by atoms with Crippen molar-refractivity contribution in [2.75, 3.05) is 13.7 Å². The lowest BCUT2D eigenvalue weighted by Gasteiger charge is -2.35. The van der Waals surface area contributed by atoms with Gasteiger partial charge in [-0.25, -0.2) is 0 Å². The third-order valence-corrected chi connectivity index (χ3v) is 8.23. The van der Waals surface area contributed by atoms with E-state index in [4.69, 9.17) is 4.74 Å². The van der Waals surface area contributed by atoms with Crippen LogP contribution in [0.1, 0.15) is 60.9 Å². The average molecular weight is 462 g/mol. The Hall–Kier alpha value is -2.89. The number of hydrogen-bond acceptors (Lipinski definition) is 4. The summed E-state index contributed by atoms with van der Waals surface area (Å²) < 4.78 is 5.56. The number of benzene rings is 1. The Morgan fingerprint density at radius 2 is 2.12 bits per heavy atom. The van der Waals surface area contributed by atoms with Crippen LogP contribution < -0.4 is 10.1 Å². The number of nitrogens with zero attached hydrogens (tertiary/aromatic N) is 2. The van der Waals surface area contributed by atoms with Crippen molar-refractivity contribution in [3.05, 3.63) is 58.9 Å². The van der Waals surface area contributed by atoms with E-state index in [1.807, 2.05) is 31.3 Å². The van der Waals surface area contributed by atoms with E-state index in [1.165, 1.54) is 11.1 Å². The van der Waals surface area contributed by atoms with Crippen LogP contribution in [0.15, 0.2) is 36.5 Å². The minimum absolute atomic E-state index is 0.0425. The number of ether oxygens (including phenoxy) is 1. The molecular weight excluding hydrogens is 426 g/mol. The van der Waals surface area contributed by atoms with Crippen LogP contribution in [0.4, 0.5) is 0 Å².